The standard InChI is InChI=1S/C27H25N5O2/c1-2-3-7-17-11-13-23-22(14-17)25(27(33)34)24(28-23)16-18-10-12-20(19-8-5-4-6-9-19)21(15-18)26-29-31-32-30-26/h4-6,8-15,28H,2-3,7,16H2,1H3,(H,33,34)(H,29,30,31,32). The van der Waals surface area contributed by atoms with E-state index >= 15 is 0 Å². The summed E-state index contributed by atoms with van der Waals surface area (Å²) < 4.78 is 0. The summed E-state index contributed by atoms with van der Waals surface area (Å²) in [4.78, 5) is 15.6. The van der Waals surface area contributed by atoms with E-state index in [-0.39, 0.29) is 0 Å². The van der Waals surface area contributed by atoms with Crippen LogP contribution < -0.4 is 0 Å². The van der Waals surface area contributed by atoms with Gasteiger partial charge in [0.1, 0.15) is 0 Å². The first-order valence-electron chi connectivity index (χ1n) is 11.4. The van der Waals surface area contributed by atoms with Gasteiger partial charge in [-0.15, -0.1) is 10.2 Å². The van der Waals surface area contributed by atoms with E-state index in [2.05, 4.69) is 38.6 Å². The van der Waals surface area contributed by atoms with E-state index in [4.69, 9.17) is 0 Å². The van der Waals surface area contributed by atoms with Crippen molar-refractivity contribution in [3.05, 3.63) is 89.1 Å². The highest BCUT2D eigenvalue weighted by atomic mass is 16.4. The summed E-state index contributed by atoms with van der Waals surface area (Å²) in [6.07, 6.45) is 3.57. The van der Waals surface area contributed by atoms with Crippen LogP contribution in [0.25, 0.3) is 33.4 Å². The fourth-order valence-corrected chi connectivity index (χ4v) is 4.44. The molecule has 0 radical (unpaired) electrons. The Balaban J connectivity index is 1.56. The van der Waals surface area contributed by atoms with Gasteiger partial charge in [0.15, 0.2) is 0 Å². The molecule has 34 heavy (non-hydrogen) atoms. The lowest BCUT2D eigenvalue weighted by Crippen LogP contribution is -2.02. The second-order valence-corrected chi connectivity index (χ2v) is 8.43. The van der Waals surface area contributed by atoms with Crippen LogP contribution >= 0.6 is 0 Å². The minimum atomic E-state index is -0.923. The van der Waals surface area contributed by atoms with Crippen molar-refractivity contribution in [2.45, 2.75) is 32.6 Å². The number of benzene rings is 3. The number of aromatic carboxylic acids is 1. The lowest BCUT2D eigenvalue weighted by atomic mass is 9.95. The Hall–Kier alpha value is -4.26. The smallest absolute Gasteiger partial charge is 0.338 e. The van der Waals surface area contributed by atoms with Crippen molar-refractivity contribution < 1.29 is 9.90 Å². The molecule has 0 aliphatic carbocycles. The van der Waals surface area contributed by atoms with Crippen LogP contribution in [0.2, 0.25) is 0 Å². The second-order valence-electron chi connectivity index (χ2n) is 8.43. The third-order valence-electron chi connectivity index (χ3n) is 6.11. The molecule has 7 nitrogen and oxygen atoms in total. The third kappa shape index (κ3) is 4.20. The van der Waals surface area contributed by atoms with Crippen LogP contribution in [0.4, 0.5) is 0 Å². The summed E-state index contributed by atoms with van der Waals surface area (Å²) in [6, 6.07) is 22.2. The summed E-state index contributed by atoms with van der Waals surface area (Å²) in [5.41, 5.74) is 6.85. The summed E-state index contributed by atoms with van der Waals surface area (Å²) in [7, 11) is 0. The largest absolute Gasteiger partial charge is 0.478 e. The zero-order valence-electron chi connectivity index (χ0n) is 18.9. The molecule has 2 aromatic heterocycles. The van der Waals surface area contributed by atoms with E-state index in [0.29, 0.717) is 23.5 Å². The maximum Gasteiger partial charge on any atom is 0.338 e. The van der Waals surface area contributed by atoms with Crippen molar-refractivity contribution in [1.29, 1.82) is 0 Å². The zero-order valence-corrected chi connectivity index (χ0v) is 18.9. The van der Waals surface area contributed by atoms with Gasteiger partial charge in [0, 0.05) is 28.6 Å². The molecular weight excluding hydrogens is 426 g/mol. The highest BCUT2D eigenvalue weighted by molar-refractivity contribution is 6.05. The summed E-state index contributed by atoms with van der Waals surface area (Å²) >= 11 is 0. The number of carboxylic acids is 1. The van der Waals surface area contributed by atoms with Gasteiger partial charge >= 0.3 is 5.97 Å². The van der Waals surface area contributed by atoms with Crippen molar-refractivity contribution in [1.82, 2.24) is 25.6 Å². The summed E-state index contributed by atoms with van der Waals surface area (Å²) in [6.45, 7) is 2.15. The van der Waals surface area contributed by atoms with Crippen LogP contribution in [-0.2, 0) is 12.8 Å². The van der Waals surface area contributed by atoms with Crippen LogP contribution in [0.5, 0.6) is 0 Å². The summed E-state index contributed by atoms with van der Waals surface area (Å²) in [5.74, 6) is -0.426. The first-order chi connectivity index (χ1) is 16.6. The number of carboxylic acid groups (broad SMARTS) is 1. The van der Waals surface area contributed by atoms with E-state index < -0.39 is 5.97 Å². The first kappa shape index (κ1) is 21.6. The van der Waals surface area contributed by atoms with Crippen LogP contribution in [0.3, 0.4) is 0 Å². The third-order valence-corrected chi connectivity index (χ3v) is 6.11. The average Bonchev–Trinajstić information content (AvgIpc) is 3.51. The Morgan fingerprint density at radius 1 is 0.971 bits per heavy atom. The van der Waals surface area contributed by atoms with Crippen molar-refractivity contribution in [3.63, 3.8) is 0 Å². The number of aryl methyl sites for hydroxylation is 1. The Morgan fingerprint density at radius 3 is 2.53 bits per heavy atom. The predicted octanol–water partition coefficient (Wildman–Crippen LogP) is 5.65. The number of hydrogen-bond donors (Lipinski definition) is 3. The number of fused-ring (bicyclic) bond motifs is 1. The number of nitrogens with zero attached hydrogens (tertiary/aromatic N) is 3. The Bertz CT molecular complexity index is 1440. The molecule has 0 amide bonds. The van der Waals surface area contributed by atoms with Crippen molar-refractivity contribution in [3.8, 4) is 22.5 Å². The monoisotopic (exact) mass is 451 g/mol. The molecule has 5 aromatic rings. The molecule has 0 atom stereocenters. The molecule has 5 rings (SSSR count). The van der Waals surface area contributed by atoms with Gasteiger partial charge in [-0.25, -0.2) is 4.79 Å². The highest BCUT2D eigenvalue weighted by Crippen LogP contribution is 2.32. The molecule has 2 heterocycles. The van der Waals surface area contributed by atoms with E-state index in [1.54, 1.807) is 0 Å². The van der Waals surface area contributed by atoms with Gasteiger partial charge in [-0.2, -0.15) is 5.21 Å². The molecular formula is C27H25N5O2. The molecule has 0 aliphatic rings. The van der Waals surface area contributed by atoms with Crippen LogP contribution in [0, 0.1) is 0 Å². The van der Waals surface area contributed by atoms with E-state index in [0.717, 1.165) is 58.0 Å². The topological polar surface area (TPSA) is 108 Å². The van der Waals surface area contributed by atoms with Gasteiger partial charge in [0.25, 0.3) is 0 Å². The maximum absolute atomic E-state index is 12.3. The molecule has 3 N–H and O–H groups in total. The number of aromatic amines is 2. The molecule has 0 bridgehead atoms. The second kappa shape index (κ2) is 9.31. The number of rotatable bonds is 8. The molecule has 0 saturated heterocycles. The van der Waals surface area contributed by atoms with Crippen molar-refractivity contribution in [2.24, 2.45) is 0 Å². The number of hydrogen-bond acceptors (Lipinski definition) is 4. The number of H-pyrrole nitrogens is 2. The molecule has 0 aliphatic heterocycles. The van der Waals surface area contributed by atoms with Crippen molar-refractivity contribution >= 4 is 16.9 Å². The van der Waals surface area contributed by atoms with Gasteiger partial charge in [0.2, 0.25) is 5.82 Å². The van der Waals surface area contributed by atoms with Crippen LogP contribution in [0.1, 0.15) is 46.9 Å². The number of nitrogens with one attached hydrogen (secondary N) is 2. The van der Waals surface area contributed by atoms with Crippen LogP contribution in [-0.4, -0.2) is 36.7 Å². The van der Waals surface area contributed by atoms with Gasteiger partial charge < -0.3 is 10.1 Å². The molecule has 0 spiro atoms. The Kier molecular flexibility index (Phi) is 5.91. The van der Waals surface area contributed by atoms with Crippen LogP contribution in [0.15, 0.2) is 66.7 Å². The fraction of sp³-hybridized carbons (Fsp3) is 0.185. The fourth-order valence-electron chi connectivity index (χ4n) is 4.44. The van der Waals surface area contributed by atoms with Crippen molar-refractivity contribution in [2.75, 3.05) is 0 Å². The highest BCUT2D eigenvalue weighted by Gasteiger charge is 2.20. The quantitative estimate of drug-likeness (QED) is 0.283. The number of carbonyl (C=O) groups is 1. The van der Waals surface area contributed by atoms with Gasteiger partial charge in [0.05, 0.1) is 5.56 Å². The Labute approximate surface area is 196 Å². The maximum atomic E-state index is 12.3. The lowest BCUT2D eigenvalue weighted by molar-refractivity contribution is 0.0698. The molecule has 0 unspecified atom stereocenters. The SMILES string of the molecule is CCCCc1ccc2[nH]c(Cc3ccc(-c4ccccc4)c(-c4nn[nH]n4)c3)c(C(=O)O)c2c1. The first-order valence-corrected chi connectivity index (χ1v) is 11.4. The molecule has 3 aromatic carbocycles. The molecule has 7 heteroatoms. The molecule has 170 valence electrons. The minimum Gasteiger partial charge on any atom is -0.478 e. The lowest BCUT2D eigenvalue weighted by Gasteiger charge is -2.10. The van der Waals surface area contributed by atoms with Gasteiger partial charge in [-0.1, -0.05) is 61.9 Å². The van der Waals surface area contributed by atoms with E-state index in [9.17, 15) is 9.90 Å². The van der Waals surface area contributed by atoms with E-state index in [1.165, 1.54) is 0 Å². The normalized spacial score (nSPS) is 11.2. The van der Waals surface area contributed by atoms with E-state index in [1.807, 2.05) is 60.7 Å². The Morgan fingerprint density at radius 2 is 1.79 bits per heavy atom. The summed E-state index contributed by atoms with van der Waals surface area (Å²) in [5, 5.41) is 25.4. The predicted molar refractivity (Wildman–Crippen MR) is 132 cm³/mol. The number of tetrazole rings is 1. The number of aromatic nitrogens is 5. The molecule has 0 saturated carbocycles. The number of unbranched alkanes of at least 4 members (excludes halogenated alkanes) is 1. The average molecular weight is 452 g/mol. The van der Waals surface area contributed by atoms with Gasteiger partial charge in [-0.3, -0.25) is 0 Å². The molecule has 0 fully saturated rings. The van der Waals surface area contributed by atoms with Gasteiger partial charge in [-0.05, 0) is 58.5 Å². The zero-order chi connectivity index (χ0) is 23.5. The minimum absolute atomic E-state index is 0.335.